The molecule has 8 heavy (non-hydrogen) atoms. The molecule has 0 aliphatic carbocycles. The first-order valence-electron chi connectivity index (χ1n) is 2.34. The molecule has 0 unspecified atom stereocenters. The average molecular weight is 124 g/mol. The van der Waals surface area contributed by atoms with Crippen LogP contribution in [0.15, 0.2) is 18.5 Å². The highest BCUT2D eigenvalue weighted by molar-refractivity contribution is 7.09. The largest absolute Gasteiger partial charge is 0.316 e. The molecule has 2 aliphatic rings. The number of aromatic amines is 1. The molecular weight excluding hydrogens is 120 g/mol. The van der Waals surface area contributed by atoms with Crippen LogP contribution in [0.3, 0.4) is 0 Å². The zero-order valence-corrected chi connectivity index (χ0v) is 4.90. The van der Waals surface area contributed by atoms with Crippen LogP contribution in [0.1, 0.15) is 0 Å². The Bertz CT molecular complexity index is 202. The predicted octanol–water partition coefficient (Wildman–Crippen LogP) is 1.58. The molecule has 40 valence electrons. The second-order valence-corrected chi connectivity index (χ2v) is 2.44. The van der Waals surface area contributed by atoms with Gasteiger partial charge in [0.25, 0.3) is 0 Å². The Morgan fingerprint density at radius 3 is 3.50 bits per heavy atom. The summed E-state index contributed by atoms with van der Waals surface area (Å²) in [6.45, 7) is 0. The van der Waals surface area contributed by atoms with Crippen molar-refractivity contribution < 1.29 is 0 Å². The minimum atomic E-state index is 1.06. The summed E-state index contributed by atoms with van der Waals surface area (Å²) in [7, 11) is 0. The van der Waals surface area contributed by atoms with E-state index in [1.807, 2.05) is 18.5 Å². The van der Waals surface area contributed by atoms with Crippen molar-refractivity contribution >= 4 is 11.5 Å². The van der Waals surface area contributed by atoms with Gasteiger partial charge in [-0.15, -0.1) is 0 Å². The van der Waals surface area contributed by atoms with E-state index in [1.54, 1.807) is 11.5 Å². The van der Waals surface area contributed by atoms with E-state index in [-0.39, 0.29) is 0 Å². The molecule has 0 aromatic rings. The molecule has 0 spiro atoms. The van der Waals surface area contributed by atoms with E-state index in [2.05, 4.69) is 9.36 Å². The third-order valence-corrected chi connectivity index (χ3v) is 1.86. The lowest BCUT2D eigenvalue weighted by Crippen LogP contribution is -1.59. The Hall–Kier alpha value is -0.830. The van der Waals surface area contributed by atoms with Gasteiger partial charge in [0.1, 0.15) is 0 Å². The Balaban J connectivity index is 2.84. The van der Waals surface area contributed by atoms with Gasteiger partial charge in [0.2, 0.25) is 0 Å². The fourth-order valence-corrected chi connectivity index (χ4v) is 1.32. The van der Waals surface area contributed by atoms with Crippen molar-refractivity contribution in [3.05, 3.63) is 18.5 Å². The van der Waals surface area contributed by atoms with Crippen molar-refractivity contribution in [2.45, 2.75) is 0 Å². The number of hydrogen-bond acceptors (Lipinski definition) is 2. The monoisotopic (exact) mass is 124 g/mol. The van der Waals surface area contributed by atoms with Gasteiger partial charge in [-0.05, 0) is 6.07 Å². The van der Waals surface area contributed by atoms with Gasteiger partial charge in [0.15, 0.2) is 0 Å². The Kier molecular flexibility index (Phi) is 0.676. The average Bonchev–Trinajstić information content (AvgIpc) is 2.15. The zero-order valence-electron chi connectivity index (χ0n) is 4.09. The number of fused-ring (bicyclic) bond motifs is 1. The maximum absolute atomic E-state index is 4.06. The van der Waals surface area contributed by atoms with Crippen LogP contribution in [-0.2, 0) is 0 Å². The van der Waals surface area contributed by atoms with Gasteiger partial charge < -0.3 is 4.37 Å². The van der Waals surface area contributed by atoms with Crippen LogP contribution >= 0.6 is 11.5 Å². The molecule has 0 atom stereocenters. The fraction of sp³-hybridized carbons (Fsp3) is 0. The Morgan fingerprint density at radius 1 is 1.62 bits per heavy atom. The van der Waals surface area contributed by atoms with E-state index >= 15 is 0 Å². The molecule has 2 aliphatic heterocycles. The summed E-state index contributed by atoms with van der Waals surface area (Å²) in [6.07, 6.45) is 3.72. The van der Waals surface area contributed by atoms with Crippen LogP contribution in [0.5, 0.6) is 0 Å². The second kappa shape index (κ2) is 1.32. The number of rotatable bonds is 0. The summed E-state index contributed by atoms with van der Waals surface area (Å²) in [6, 6.07) is 2.00. The first-order chi connectivity index (χ1) is 3.97. The molecule has 2 heterocycles. The zero-order chi connectivity index (χ0) is 5.40. The molecule has 0 aromatic carbocycles. The van der Waals surface area contributed by atoms with E-state index in [4.69, 9.17) is 0 Å². The molecule has 0 amide bonds. The Morgan fingerprint density at radius 2 is 2.62 bits per heavy atom. The number of aromatic nitrogens is 2. The van der Waals surface area contributed by atoms with Gasteiger partial charge in [0.05, 0.1) is 10.6 Å². The van der Waals surface area contributed by atoms with Gasteiger partial charge in [0, 0.05) is 12.4 Å². The summed E-state index contributed by atoms with van der Waals surface area (Å²) in [5.74, 6) is 0. The normalized spacial score (nSPS) is 10.5. The van der Waals surface area contributed by atoms with Crippen LogP contribution in [0, 0.1) is 0 Å². The van der Waals surface area contributed by atoms with Crippen LogP contribution < -0.4 is 0 Å². The number of hydrogen-bond donors (Lipinski definition) is 1. The highest BCUT2D eigenvalue weighted by Gasteiger charge is 2.01. The highest BCUT2D eigenvalue weighted by Crippen LogP contribution is 2.22. The molecule has 2 nitrogen and oxygen atoms in total. The fourth-order valence-electron chi connectivity index (χ4n) is 0.678. The van der Waals surface area contributed by atoms with E-state index in [0.717, 1.165) is 5.69 Å². The third-order valence-electron chi connectivity index (χ3n) is 1.06. The van der Waals surface area contributed by atoms with Crippen LogP contribution in [-0.4, -0.2) is 9.36 Å². The van der Waals surface area contributed by atoms with Gasteiger partial charge in [-0.25, -0.2) is 0 Å². The van der Waals surface area contributed by atoms with Crippen molar-refractivity contribution in [2.24, 2.45) is 0 Å². The topological polar surface area (TPSA) is 28.7 Å². The highest BCUT2D eigenvalue weighted by atomic mass is 32.1. The van der Waals surface area contributed by atoms with E-state index in [9.17, 15) is 0 Å². The van der Waals surface area contributed by atoms with Crippen molar-refractivity contribution in [3.63, 3.8) is 0 Å². The van der Waals surface area contributed by atoms with Gasteiger partial charge >= 0.3 is 0 Å². The molecular formula is C5H4N2S. The van der Waals surface area contributed by atoms with Gasteiger partial charge in [-0.2, -0.15) is 0 Å². The Labute approximate surface area is 50.7 Å². The quantitative estimate of drug-likeness (QED) is 0.567. The first kappa shape index (κ1) is 4.09. The summed E-state index contributed by atoms with van der Waals surface area (Å²) in [4.78, 5) is 5.28. The van der Waals surface area contributed by atoms with Crippen molar-refractivity contribution in [1.82, 2.24) is 9.36 Å². The minimum absolute atomic E-state index is 1.06. The van der Waals surface area contributed by atoms with E-state index in [0.29, 0.717) is 0 Å². The summed E-state index contributed by atoms with van der Waals surface area (Å²) in [5, 5.41) is 0. The molecule has 0 fully saturated rings. The van der Waals surface area contributed by atoms with Crippen LogP contribution in [0.2, 0.25) is 0 Å². The number of nitrogens with zero attached hydrogens (tertiary/aromatic N) is 1. The lowest BCUT2D eigenvalue weighted by molar-refractivity contribution is 1.39. The molecule has 2 rings (SSSR count). The summed E-state index contributed by atoms with van der Waals surface area (Å²) >= 11 is 1.61. The summed E-state index contributed by atoms with van der Waals surface area (Å²) < 4.78 is 3.00. The lowest BCUT2D eigenvalue weighted by Gasteiger charge is -1.73. The van der Waals surface area contributed by atoms with Crippen LogP contribution in [0.25, 0.3) is 10.6 Å². The maximum Gasteiger partial charge on any atom is 0.0985 e. The van der Waals surface area contributed by atoms with Gasteiger partial charge in [-0.3, -0.25) is 4.98 Å². The number of nitrogens with one attached hydrogen (secondary N) is 1. The molecule has 0 saturated heterocycles. The SMILES string of the molecule is c1cc2s[nH]cc-2n1. The van der Waals surface area contributed by atoms with Crippen molar-refractivity contribution in [1.29, 1.82) is 0 Å². The van der Waals surface area contributed by atoms with Crippen molar-refractivity contribution in [2.75, 3.05) is 0 Å². The molecule has 0 saturated carbocycles. The molecule has 3 heteroatoms. The van der Waals surface area contributed by atoms with E-state index < -0.39 is 0 Å². The molecule has 1 N–H and O–H groups in total. The predicted molar refractivity (Wildman–Crippen MR) is 33.1 cm³/mol. The standard InChI is InChI=1S/C5H4N2S/c1-2-6-4-3-7-8-5(1)4/h1-3,7H. The smallest absolute Gasteiger partial charge is 0.0985 e. The number of H-pyrrole nitrogens is 1. The second-order valence-electron chi connectivity index (χ2n) is 1.56. The van der Waals surface area contributed by atoms with E-state index in [1.165, 1.54) is 4.88 Å². The third kappa shape index (κ3) is 0.391. The van der Waals surface area contributed by atoms with Crippen LogP contribution in [0.4, 0.5) is 0 Å². The summed E-state index contributed by atoms with van der Waals surface area (Å²) in [5.41, 5.74) is 1.06. The molecule has 0 bridgehead atoms. The maximum atomic E-state index is 4.06. The van der Waals surface area contributed by atoms with Crippen molar-refractivity contribution in [3.8, 4) is 10.6 Å². The minimum Gasteiger partial charge on any atom is -0.316 e. The van der Waals surface area contributed by atoms with Gasteiger partial charge in [-0.1, -0.05) is 11.5 Å². The molecule has 0 radical (unpaired) electrons. The molecule has 0 aromatic heterocycles. The first-order valence-corrected chi connectivity index (χ1v) is 3.16. The lowest BCUT2D eigenvalue weighted by atomic mass is 10.4.